The van der Waals surface area contributed by atoms with Gasteiger partial charge in [-0.15, -0.1) is 0 Å². The number of halogens is 6. The first kappa shape index (κ1) is 32.6. The molecule has 0 spiro atoms. The van der Waals surface area contributed by atoms with Gasteiger partial charge in [-0.3, -0.25) is 9.78 Å². The lowest BCUT2D eigenvalue weighted by Gasteiger charge is -2.29. The summed E-state index contributed by atoms with van der Waals surface area (Å²) in [4.78, 5) is 27.0. The van der Waals surface area contributed by atoms with E-state index in [4.69, 9.17) is 4.74 Å². The summed E-state index contributed by atoms with van der Waals surface area (Å²) in [7, 11) is 2.57. The van der Waals surface area contributed by atoms with Crippen molar-refractivity contribution in [1.82, 2.24) is 10.3 Å². The zero-order chi connectivity index (χ0) is 30.9. The lowest BCUT2D eigenvalue weighted by Crippen LogP contribution is -2.42. The number of methoxy groups -OCH3 is 2. The normalized spacial score (nSPS) is 17.0. The van der Waals surface area contributed by atoms with Crippen LogP contribution in [0.3, 0.4) is 0 Å². The van der Waals surface area contributed by atoms with Gasteiger partial charge >= 0.3 is 24.3 Å². The van der Waals surface area contributed by atoms with Crippen LogP contribution in [-0.4, -0.2) is 43.7 Å². The van der Waals surface area contributed by atoms with Crippen molar-refractivity contribution in [1.29, 1.82) is 0 Å². The van der Waals surface area contributed by atoms with Crippen LogP contribution in [0.2, 0.25) is 0 Å². The molecule has 1 saturated heterocycles. The summed E-state index contributed by atoms with van der Waals surface area (Å²) in [5, 5.41) is 3.18. The third-order valence-electron chi connectivity index (χ3n) is 6.75. The molecule has 1 aromatic heterocycles. The topological polar surface area (TPSA) is 77.5 Å². The van der Waals surface area contributed by atoms with Crippen molar-refractivity contribution in [3.05, 3.63) is 100 Å². The number of nitrogens with zero attached hydrogens (tertiary/aromatic N) is 1. The Bertz CT molecular complexity index is 1360. The van der Waals surface area contributed by atoms with Crippen molar-refractivity contribution in [2.24, 2.45) is 5.92 Å². The second-order valence-corrected chi connectivity index (χ2v) is 9.61. The number of piperidine rings is 1. The standard InChI is InChI=1S/C15H18F3NO2.C15H12F3NO2/c2*1-21-14(20)11-6-7-19-12(9-11)8-10-4-2-3-5-13(10)15(16,17)18/h2-5,11-12,19H,6-9H2,1H3;2-7,9H,8H2,1H3. The molecule has 2 heterocycles. The van der Waals surface area contributed by atoms with E-state index >= 15 is 0 Å². The van der Waals surface area contributed by atoms with E-state index < -0.39 is 29.4 Å². The number of alkyl halides is 6. The number of benzene rings is 2. The van der Waals surface area contributed by atoms with Gasteiger partial charge in [0, 0.05) is 24.4 Å². The summed E-state index contributed by atoms with van der Waals surface area (Å²) in [6.45, 7) is 0.610. The van der Waals surface area contributed by atoms with Crippen LogP contribution in [0.1, 0.15) is 51.1 Å². The molecular formula is C30H30F6N2O4. The minimum Gasteiger partial charge on any atom is -0.469 e. The number of nitrogens with one attached hydrogen (secondary N) is 1. The maximum Gasteiger partial charge on any atom is 0.416 e. The average molecular weight is 597 g/mol. The molecule has 0 amide bonds. The molecule has 0 radical (unpaired) electrons. The largest absolute Gasteiger partial charge is 0.469 e. The van der Waals surface area contributed by atoms with Crippen LogP contribution in [0.25, 0.3) is 0 Å². The van der Waals surface area contributed by atoms with Crippen LogP contribution in [0.5, 0.6) is 0 Å². The van der Waals surface area contributed by atoms with Gasteiger partial charge in [-0.1, -0.05) is 36.4 Å². The van der Waals surface area contributed by atoms with Crippen molar-refractivity contribution in [2.75, 3.05) is 20.8 Å². The quantitative estimate of drug-likeness (QED) is 0.267. The molecule has 6 nitrogen and oxygen atoms in total. The van der Waals surface area contributed by atoms with Crippen LogP contribution in [0, 0.1) is 5.92 Å². The Kier molecular flexibility index (Phi) is 11.1. The number of esters is 2. The highest BCUT2D eigenvalue weighted by molar-refractivity contribution is 5.89. The lowest BCUT2D eigenvalue weighted by molar-refractivity contribution is -0.147. The van der Waals surface area contributed by atoms with Gasteiger partial charge in [0.2, 0.25) is 0 Å². The van der Waals surface area contributed by atoms with E-state index in [9.17, 15) is 35.9 Å². The first-order valence-electron chi connectivity index (χ1n) is 13.0. The number of rotatable bonds is 6. The number of hydrogen-bond donors (Lipinski definition) is 1. The molecule has 3 aromatic rings. The molecule has 2 unspecified atom stereocenters. The summed E-state index contributed by atoms with van der Waals surface area (Å²) in [6, 6.07) is 13.6. The maximum atomic E-state index is 13.0. The highest BCUT2D eigenvalue weighted by Gasteiger charge is 2.35. The van der Waals surface area contributed by atoms with E-state index in [1.165, 1.54) is 62.9 Å². The van der Waals surface area contributed by atoms with Crippen LogP contribution >= 0.6 is 0 Å². The van der Waals surface area contributed by atoms with Crippen molar-refractivity contribution >= 4 is 11.9 Å². The lowest BCUT2D eigenvalue weighted by atomic mass is 9.88. The molecule has 2 aromatic carbocycles. The van der Waals surface area contributed by atoms with E-state index in [0.717, 1.165) is 12.1 Å². The fourth-order valence-electron chi connectivity index (χ4n) is 4.75. The molecule has 0 aliphatic carbocycles. The molecule has 226 valence electrons. The summed E-state index contributed by atoms with van der Waals surface area (Å²) >= 11 is 0. The van der Waals surface area contributed by atoms with Gasteiger partial charge in [-0.2, -0.15) is 26.3 Å². The van der Waals surface area contributed by atoms with Gasteiger partial charge in [0.15, 0.2) is 0 Å². The third kappa shape index (κ3) is 9.04. The third-order valence-corrected chi connectivity index (χ3v) is 6.75. The van der Waals surface area contributed by atoms with E-state index in [0.29, 0.717) is 25.1 Å². The molecule has 1 N–H and O–H groups in total. The maximum absolute atomic E-state index is 13.0. The Morgan fingerprint density at radius 3 is 2.07 bits per heavy atom. The molecular weight excluding hydrogens is 566 g/mol. The first-order valence-corrected chi connectivity index (χ1v) is 13.0. The predicted octanol–water partition coefficient (Wildman–Crippen LogP) is 6.27. The smallest absolute Gasteiger partial charge is 0.416 e. The Morgan fingerprint density at radius 2 is 1.48 bits per heavy atom. The molecule has 42 heavy (non-hydrogen) atoms. The average Bonchev–Trinajstić information content (AvgIpc) is 2.96. The molecule has 0 bridgehead atoms. The minimum atomic E-state index is -4.42. The van der Waals surface area contributed by atoms with E-state index in [2.05, 4.69) is 15.0 Å². The molecule has 2 atom stereocenters. The number of carbonyl (C=O) groups excluding carboxylic acids is 2. The van der Waals surface area contributed by atoms with Gasteiger partial charge in [-0.05, 0) is 61.2 Å². The fourth-order valence-corrected chi connectivity index (χ4v) is 4.75. The van der Waals surface area contributed by atoms with Gasteiger partial charge < -0.3 is 14.8 Å². The van der Waals surface area contributed by atoms with Crippen LogP contribution < -0.4 is 5.32 Å². The van der Waals surface area contributed by atoms with Gasteiger partial charge in [0.25, 0.3) is 0 Å². The highest BCUT2D eigenvalue weighted by atomic mass is 19.4. The Balaban J connectivity index is 0.000000230. The second-order valence-electron chi connectivity index (χ2n) is 9.61. The van der Waals surface area contributed by atoms with Crippen LogP contribution in [-0.2, 0) is 39.5 Å². The van der Waals surface area contributed by atoms with E-state index in [1.54, 1.807) is 6.07 Å². The predicted molar refractivity (Wildman–Crippen MR) is 142 cm³/mol. The van der Waals surface area contributed by atoms with Crippen molar-refractivity contribution in [3.8, 4) is 0 Å². The first-order chi connectivity index (χ1) is 19.8. The number of aromatic nitrogens is 1. The number of hydrogen-bond acceptors (Lipinski definition) is 6. The number of ether oxygens (including phenoxy) is 2. The van der Waals surface area contributed by atoms with Gasteiger partial charge in [0.05, 0.1) is 36.8 Å². The Morgan fingerprint density at radius 1 is 0.881 bits per heavy atom. The Hall–Kier alpha value is -3.93. The second kappa shape index (κ2) is 14.3. The number of pyridine rings is 1. The van der Waals surface area contributed by atoms with Crippen molar-refractivity contribution in [2.45, 2.75) is 44.1 Å². The van der Waals surface area contributed by atoms with Gasteiger partial charge in [-0.25, -0.2) is 4.79 Å². The van der Waals surface area contributed by atoms with Crippen molar-refractivity contribution in [3.63, 3.8) is 0 Å². The molecule has 12 heteroatoms. The Labute approximate surface area is 239 Å². The molecule has 1 aliphatic rings. The van der Waals surface area contributed by atoms with Crippen molar-refractivity contribution < 1.29 is 45.4 Å². The number of carbonyl (C=O) groups is 2. The molecule has 4 rings (SSSR count). The van der Waals surface area contributed by atoms with E-state index in [1.807, 2.05) is 0 Å². The zero-order valence-corrected chi connectivity index (χ0v) is 22.9. The molecule has 1 aliphatic heterocycles. The fraction of sp³-hybridized carbons (Fsp3) is 0.367. The van der Waals surface area contributed by atoms with Crippen LogP contribution in [0.4, 0.5) is 26.3 Å². The van der Waals surface area contributed by atoms with Gasteiger partial charge in [0.1, 0.15) is 0 Å². The zero-order valence-electron chi connectivity index (χ0n) is 22.9. The molecule has 1 fully saturated rings. The summed E-state index contributed by atoms with van der Waals surface area (Å²) < 4.78 is 87.0. The summed E-state index contributed by atoms with van der Waals surface area (Å²) in [5.74, 6) is -1.08. The van der Waals surface area contributed by atoms with E-state index in [-0.39, 0.29) is 47.5 Å². The minimum absolute atomic E-state index is 0.0134. The molecule has 0 saturated carbocycles. The van der Waals surface area contributed by atoms with Crippen LogP contribution in [0.15, 0.2) is 66.9 Å². The highest BCUT2D eigenvalue weighted by Crippen LogP contribution is 2.34. The monoisotopic (exact) mass is 596 g/mol. The summed E-state index contributed by atoms with van der Waals surface area (Å²) in [6.07, 6.45) is -6.01. The summed E-state index contributed by atoms with van der Waals surface area (Å²) in [5.41, 5.74) is -0.309. The SMILES string of the molecule is COC(=O)C1CCNC(Cc2ccccc2C(F)(F)F)C1.COC(=O)c1ccnc(Cc2ccccc2C(F)(F)F)c1.